The van der Waals surface area contributed by atoms with Gasteiger partial charge in [-0.3, -0.25) is 0 Å². The molecule has 3 heteroatoms. The second kappa shape index (κ2) is 4.94. The lowest BCUT2D eigenvalue weighted by atomic mass is 10.1. The fraction of sp³-hybridized carbons (Fsp3) is 0.455. The normalized spacial score (nSPS) is 10.4. The SMILES string of the molecule is CC.Cc1cc(N)cc(C(C)(F)F)c1. The zero-order valence-corrected chi connectivity index (χ0v) is 9.07. The number of benzene rings is 1. The van der Waals surface area contributed by atoms with Gasteiger partial charge in [0.1, 0.15) is 0 Å². The third-order valence-corrected chi connectivity index (χ3v) is 1.61. The molecular weight excluding hydrogens is 184 g/mol. The lowest BCUT2D eigenvalue weighted by Gasteiger charge is -2.11. The summed E-state index contributed by atoms with van der Waals surface area (Å²) in [5, 5.41) is 0. The molecule has 0 saturated heterocycles. The third-order valence-electron chi connectivity index (χ3n) is 1.61. The molecule has 0 fully saturated rings. The molecule has 0 spiro atoms. The first-order valence-electron chi connectivity index (χ1n) is 4.65. The molecule has 0 aliphatic heterocycles. The molecule has 1 nitrogen and oxygen atoms in total. The largest absolute Gasteiger partial charge is 0.399 e. The van der Waals surface area contributed by atoms with Crippen LogP contribution in [0.5, 0.6) is 0 Å². The van der Waals surface area contributed by atoms with Gasteiger partial charge < -0.3 is 5.73 Å². The fourth-order valence-electron chi connectivity index (χ4n) is 1.07. The number of hydrogen-bond donors (Lipinski definition) is 1. The van der Waals surface area contributed by atoms with E-state index in [1.54, 1.807) is 13.0 Å². The van der Waals surface area contributed by atoms with Crippen molar-refractivity contribution in [3.8, 4) is 0 Å². The van der Waals surface area contributed by atoms with Crippen molar-refractivity contribution < 1.29 is 8.78 Å². The Labute approximate surface area is 83.9 Å². The van der Waals surface area contributed by atoms with E-state index in [-0.39, 0.29) is 5.56 Å². The Kier molecular flexibility index (Phi) is 4.54. The number of nitrogen functional groups attached to an aromatic ring is 1. The molecule has 0 aliphatic carbocycles. The Morgan fingerprint density at radius 1 is 1.14 bits per heavy atom. The number of hydrogen-bond acceptors (Lipinski definition) is 1. The summed E-state index contributed by atoms with van der Waals surface area (Å²) in [4.78, 5) is 0. The topological polar surface area (TPSA) is 26.0 Å². The Morgan fingerprint density at radius 3 is 2.00 bits per heavy atom. The van der Waals surface area contributed by atoms with E-state index >= 15 is 0 Å². The predicted octanol–water partition coefficient (Wildman–Crippen LogP) is 3.72. The van der Waals surface area contributed by atoms with Crippen LogP contribution in [-0.4, -0.2) is 0 Å². The zero-order chi connectivity index (χ0) is 11.4. The average molecular weight is 201 g/mol. The number of rotatable bonds is 1. The molecule has 1 rings (SSSR count). The zero-order valence-electron chi connectivity index (χ0n) is 9.07. The Morgan fingerprint density at radius 2 is 1.64 bits per heavy atom. The molecule has 1 aromatic carbocycles. The minimum atomic E-state index is -2.81. The first kappa shape index (κ1) is 12.9. The van der Waals surface area contributed by atoms with Crippen LogP contribution >= 0.6 is 0 Å². The van der Waals surface area contributed by atoms with Gasteiger partial charge in [-0.2, -0.15) is 0 Å². The molecule has 0 bridgehead atoms. The maximum absolute atomic E-state index is 12.8. The van der Waals surface area contributed by atoms with Crippen LogP contribution in [0.3, 0.4) is 0 Å². The summed E-state index contributed by atoms with van der Waals surface area (Å²) in [5.74, 6) is -2.81. The highest BCUT2D eigenvalue weighted by Gasteiger charge is 2.24. The number of aryl methyl sites for hydroxylation is 1. The Bertz CT molecular complexity index is 270. The van der Waals surface area contributed by atoms with Crippen LogP contribution in [0.25, 0.3) is 0 Å². The van der Waals surface area contributed by atoms with Crippen LogP contribution in [0.15, 0.2) is 18.2 Å². The van der Waals surface area contributed by atoms with E-state index in [0.717, 1.165) is 12.5 Å². The molecule has 2 N–H and O–H groups in total. The van der Waals surface area contributed by atoms with E-state index in [0.29, 0.717) is 5.69 Å². The highest BCUT2D eigenvalue weighted by molar-refractivity contribution is 5.45. The molecular formula is C11H17F2N. The van der Waals surface area contributed by atoms with E-state index in [1.165, 1.54) is 12.1 Å². The molecule has 0 atom stereocenters. The highest BCUT2D eigenvalue weighted by atomic mass is 19.3. The van der Waals surface area contributed by atoms with Crippen molar-refractivity contribution in [3.05, 3.63) is 29.3 Å². The average Bonchev–Trinajstić information content (AvgIpc) is 2.04. The van der Waals surface area contributed by atoms with Crippen molar-refractivity contribution in [1.29, 1.82) is 0 Å². The molecule has 0 radical (unpaired) electrons. The fourth-order valence-corrected chi connectivity index (χ4v) is 1.07. The van der Waals surface area contributed by atoms with Gasteiger partial charge in [0.15, 0.2) is 0 Å². The maximum atomic E-state index is 12.8. The summed E-state index contributed by atoms with van der Waals surface area (Å²) < 4.78 is 25.5. The summed E-state index contributed by atoms with van der Waals surface area (Å²) in [7, 11) is 0. The number of alkyl halides is 2. The van der Waals surface area contributed by atoms with Crippen LogP contribution in [-0.2, 0) is 5.92 Å². The van der Waals surface area contributed by atoms with Crippen LogP contribution in [0.2, 0.25) is 0 Å². The van der Waals surface area contributed by atoms with Crippen molar-refractivity contribution in [2.75, 3.05) is 5.73 Å². The molecule has 0 heterocycles. The van der Waals surface area contributed by atoms with Gasteiger partial charge in [0.25, 0.3) is 5.92 Å². The van der Waals surface area contributed by atoms with Crippen LogP contribution < -0.4 is 5.73 Å². The number of nitrogens with two attached hydrogens (primary N) is 1. The molecule has 14 heavy (non-hydrogen) atoms. The standard InChI is InChI=1S/C9H11F2N.C2H6/c1-6-3-7(9(2,10)11)5-8(12)4-6;1-2/h3-5H,12H2,1-2H3;1-2H3. The van der Waals surface area contributed by atoms with Crippen molar-refractivity contribution in [2.45, 2.75) is 33.6 Å². The van der Waals surface area contributed by atoms with E-state index < -0.39 is 5.92 Å². The highest BCUT2D eigenvalue weighted by Crippen LogP contribution is 2.28. The van der Waals surface area contributed by atoms with Crippen LogP contribution in [0.4, 0.5) is 14.5 Å². The van der Waals surface area contributed by atoms with Crippen molar-refractivity contribution in [2.24, 2.45) is 0 Å². The number of anilines is 1. The minimum Gasteiger partial charge on any atom is -0.399 e. The van der Waals surface area contributed by atoms with Gasteiger partial charge in [-0.05, 0) is 30.7 Å². The van der Waals surface area contributed by atoms with Gasteiger partial charge in [-0.25, -0.2) is 8.78 Å². The van der Waals surface area contributed by atoms with E-state index in [2.05, 4.69) is 0 Å². The van der Waals surface area contributed by atoms with Gasteiger partial charge in [-0.1, -0.05) is 13.8 Å². The molecule has 0 aromatic heterocycles. The van der Waals surface area contributed by atoms with Gasteiger partial charge >= 0.3 is 0 Å². The molecule has 0 saturated carbocycles. The second-order valence-corrected chi connectivity index (χ2v) is 3.02. The summed E-state index contributed by atoms with van der Waals surface area (Å²) in [6.07, 6.45) is 0. The van der Waals surface area contributed by atoms with Gasteiger partial charge in [0, 0.05) is 18.2 Å². The number of halogens is 2. The summed E-state index contributed by atoms with van der Waals surface area (Å²) in [6.45, 7) is 6.60. The molecule has 0 aliphatic rings. The third kappa shape index (κ3) is 3.73. The van der Waals surface area contributed by atoms with Gasteiger partial charge in [0.2, 0.25) is 0 Å². The van der Waals surface area contributed by atoms with E-state index in [4.69, 9.17) is 5.73 Å². The Hall–Kier alpha value is -1.12. The van der Waals surface area contributed by atoms with E-state index in [1.807, 2.05) is 13.8 Å². The van der Waals surface area contributed by atoms with Crippen molar-refractivity contribution in [3.63, 3.8) is 0 Å². The molecule has 1 aromatic rings. The quantitative estimate of drug-likeness (QED) is 0.688. The molecule has 0 amide bonds. The van der Waals surface area contributed by atoms with Crippen LogP contribution in [0, 0.1) is 6.92 Å². The predicted molar refractivity (Wildman–Crippen MR) is 56.5 cm³/mol. The van der Waals surface area contributed by atoms with Gasteiger partial charge in [0.05, 0.1) is 0 Å². The maximum Gasteiger partial charge on any atom is 0.270 e. The second-order valence-electron chi connectivity index (χ2n) is 3.02. The minimum absolute atomic E-state index is 0.0278. The lowest BCUT2D eigenvalue weighted by Crippen LogP contribution is -2.07. The van der Waals surface area contributed by atoms with Crippen molar-refractivity contribution in [1.82, 2.24) is 0 Å². The van der Waals surface area contributed by atoms with E-state index in [9.17, 15) is 8.78 Å². The van der Waals surface area contributed by atoms with Crippen LogP contribution in [0.1, 0.15) is 31.9 Å². The van der Waals surface area contributed by atoms with Gasteiger partial charge in [-0.15, -0.1) is 0 Å². The van der Waals surface area contributed by atoms with Crippen molar-refractivity contribution >= 4 is 5.69 Å². The molecule has 0 unspecified atom stereocenters. The summed E-state index contributed by atoms with van der Waals surface area (Å²) in [5.41, 5.74) is 6.53. The summed E-state index contributed by atoms with van der Waals surface area (Å²) >= 11 is 0. The first-order chi connectivity index (χ1) is 6.39. The Balaban J connectivity index is 0.000000791. The lowest BCUT2D eigenvalue weighted by molar-refractivity contribution is 0.0175. The summed E-state index contributed by atoms with van der Waals surface area (Å²) in [6, 6.07) is 4.40. The first-order valence-corrected chi connectivity index (χ1v) is 4.65. The monoisotopic (exact) mass is 201 g/mol. The molecule has 80 valence electrons. The smallest absolute Gasteiger partial charge is 0.270 e.